The molecule has 1 aromatic rings. The summed E-state index contributed by atoms with van der Waals surface area (Å²) in [4.78, 5) is 14.2. The van der Waals surface area contributed by atoms with Crippen molar-refractivity contribution in [2.75, 3.05) is 36.4 Å². The number of benzene rings is 1. The molecule has 1 heterocycles. The van der Waals surface area contributed by atoms with Gasteiger partial charge in [0.05, 0.1) is 0 Å². The quantitative estimate of drug-likeness (QED) is 0.792. The summed E-state index contributed by atoms with van der Waals surface area (Å²) in [5.74, 6) is 0.909. The molecule has 1 aromatic carbocycles. The van der Waals surface area contributed by atoms with Crippen molar-refractivity contribution in [1.82, 2.24) is 5.32 Å². The number of rotatable bonds is 6. The van der Waals surface area contributed by atoms with Crippen LogP contribution in [-0.2, 0) is 4.79 Å². The fourth-order valence-corrected chi connectivity index (χ4v) is 2.62. The molecule has 1 amide bonds. The highest BCUT2D eigenvalue weighted by atomic mass is 16.1. The topological polar surface area (TPSA) is 44.4 Å². The van der Waals surface area contributed by atoms with Crippen molar-refractivity contribution in [3.8, 4) is 0 Å². The van der Waals surface area contributed by atoms with Crippen LogP contribution in [0.15, 0.2) is 24.3 Å². The van der Waals surface area contributed by atoms with Crippen LogP contribution in [0, 0.1) is 5.92 Å². The van der Waals surface area contributed by atoms with Crippen molar-refractivity contribution in [2.45, 2.75) is 33.1 Å². The molecule has 4 nitrogen and oxygen atoms in total. The lowest BCUT2D eigenvalue weighted by atomic mass is 9.99. The summed E-state index contributed by atoms with van der Waals surface area (Å²) in [5.41, 5.74) is 2.14. The zero-order chi connectivity index (χ0) is 15.1. The zero-order valence-corrected chi connectivity index (χ0v) is 13.2. The molecule has 1 saturated heterocycles. The van der Waals surface area contributed by atoms with Crippen LogP contribution in [0.5, 0.6) is 0 Å². The van der Waals surface area contributed by atoms with Gasteiger partial charge in [0.25, 0.3) is 0 Å². The van der Waals surface area contributed by atoms with E-state index < -0.39 is 0 Å². The van der Waals surface area contributed by atoms with Crippen LogP contribution in [0.3, 0.4) is 0 Å². The normalized spacial score (nSPS) is 16.0. The molecule has 116 valence electrons. The molecule has 2 N–H and O–H groups in total. The maximum absolute atomic E-state index is 11.7. The molecule has 0 unspecified atom stereocenters. The summed E-state index contributed by atoms with van der Waals surface area (Å²) in [6.45, 7) is 8.26. The summed E-state index contributed by atoms with van der Waals surface area (Å²) in [7, 11) is 0. The number of nitrogens with one attached hydrogen (secondary N) is 2. The molecule has 0 bridgehead atoms. The van der Waals surface area contributed by atoms with Gasteiger partial charge in [-0.1, -0.05) is 13.8 Å². The van der Waals surface area contributed by atoms with E-state index in [2.05, 4.69) is 34.6 Å². The van der Waals surface area contributed by atoms with Gasteiger partial charge in [0.15, 0.2) is 0 Å². The molecule has 0 spiro atoms. The van der Waals surface area contributed by atoms with Gasteiger partial charge in [-0.15, -0.1) is 0 Å². The number of hydrogen-bond acceptors (Lipinski definition) is 3. The Morgan fingerprint density at radius 1 is 1.24 bits per heavy atom. The van der Waals surface area contributed by atoms with E-state index in [-0.39, 0.29) is 5.91 Å². The third-order valence-electron chi connectivity index (χ3n) is 4.08. The van der Waals surface area contributed by atoms with Gasteiger partial charge in [-0.25, -0.2) is 0 Å². The molecule has 1 aliphatic rings. The fourth-order valence-electron chi connectivity index (χ4n) is 2.62. The molecule has 0 aromatic heterocycles. The van der Waals surface area contributed by atoms with Crippen molar-refractivity contribution in [2.24, 2.45) is 5.92 Å². The molecule has 0 aliphatic carbocycles. The Labute approximate surface area is 127 Å². The third-order valence-corrected chi connectivity index (χ3v) is 4.08. The van der Waals surface area contributed by atoms with E-state index in [1.807, 2.05) is 19.1 Å². The van der Waals surface area contributed by atoms with Crippen molar-refractivity contribution < 1.29 is 4.79 Å². The van der Waals surface area contributed by atoms with Gasteiger partial charge in [-0.3, -0.25) is 4.79 Å². The van der Waals surface area contributed by atoms with Crippen LogP contribution in [-0.4, -0.2) is 32.1 Å². The van der Waals surface area contributed by atoms with Gasteiger partial charge >= 0.3 is 0 Å². The lowest BCUT2D eigenvalue weighted by Gasteiger charge is -2.32. The lowest BCUT2D eigenvalue weighted by Crippen LogP contribution is -2.32. The van der Waals surface area contributed by atoms with Crippen LogP contribution in [0.25, 0.3) is 0 Å². The Kier molecular flexibility index (Phi) is 6.05. The van der Waals surface area contributed by atoms with E-state index in [9.17, 15) is 4.79 Å². The number of nitrogens with zero attached hydrogens (tertiary/aromatic N) is 1. The average Bonchev–Trinajstić information content (AvgIpc) is 2.49. The molecule has 21 heavy (non-hydrogen) atoms. The number of anilines is 2. The van der Waals surface area contributed by atoms with E-state index in [1.54, 1.807) is 0 Å². The summed E-state index contributed by atoms with van der Waals surface area (Å²) in [6.07, 6.45) is 3.05. The van der Waals surface area contributed by atoms with E-state index in [4.69, 9.17) is 0 Å². The van der Waals surface area contributed by atoms with Crippen molar-refractivity contribution in [3.63, 3.8) is 0 Å². The van der Waals surface area contributed by atoms with E-state index >= 15 is 0 Å². The standard InChI is InChI=1S/C17H27N3O/c1-3-18-11-8-17(21)19-15-4-6-16(7-5-15)20-12-9-14(2)10-13-20/h4-7,14,18H,3,8-13H2,1-2H3,(H,19,21). The SMILES string of the molecule is CCNCCC(=O)Nc1ccc(N2CCC(C)CC2)cc1. The van der Waals surface area contributed by atoms with Crippen molar-refractivity contribution >= 4 is 17.3 Å². The molecule has 0 atom stereocenters. The first-order valence-corrected chi connectivity index (χ1v) is 8.04. The average molecular weight is 289 g/mol. The lowest BCUT2D eigenvalue weighted by molar-refractivity contribution is -0.116. The van der Waals surface area contributed by atoms with E-state index in [1.165, 1.54) is 18.5 Å². The van der Waals surface area contributed by atoms with Crippen LogP contribution < -0.4 is 15.5 Å². The van der Waals surface area contributed by atoms with Crippen LogP contribution in [0.2, 0.25) is 0 Å². The van der Waals surface area contributed by atoms with Gasteiger partial charge in [0.1, 0.15) is 0 Å². The number of amides is 1. The summed E-state index contributed by atoms with van der Waals surface area (Å²) in [5, 5.41) is 6.09. The second-order valence-electron chi connectivity index (χ2n) is 5.87. The largest absolute Gasteiger partial charge is 0.372 e. The first-order valence-electron chi connectivity index (χ1n) is 8.04. The minimum Gasteiger partial charge on any atom is -0.372 e. The summed E-state index contributed by atoms with van der Waals surface area (Å²) < 4.78 is 0. The number of carbonyl (C=O) groups excluding carboxylic acids is 1. The maximum atomic E-state index is 11.7. The molecular weight excluding hydrogens is 262 g/mol. The van der Waals surface area contributed by atoms with Gasteiger partial charge < -0.3 is 15.5 Å². The molecular formula is C17H27N3O. The second kappa shape index (κ2) is 8.03. The monoisotopic (exact) mass is 289 g/mol. The first kappa shape index (κ1) is 15.8. The Hall–Kier alpha value is -1.55. The first-order chi connectivity index (χ1) is 10.2. The maximum Gasteiger partial charge on any atom is 0.225 e. The molecule has 1 fully saturated rings. The van der Waals surface area contributed by atoms with Gasteiger partial charge in [0, 0.05) is 37.4 Å². The second-order valence-corrected chi connectivity index (χ2v) is 5.87. The third kappa shape index (κ3) is 5.05. The Balaban J connectivity index is 1.83. The summed E-state index contributed by atoms with van der Waals surface area (Å²) >= 11 is 0. The predicted octanol–water partition coefficient (Wildman–Crippen LogP) is 2.86. The predicted molar refractivity (Wildman–Crippen MR) is 88.8 cm³/mol. The van der Waals surface area contributed by atoms with E-state index in [0.717, 1.165) is 37.8 Å². The molecule has 4 heteroatoms. The molecule has 2 rings (SSSR count). The minimum absolute atomic E-state index is 0.0653. The van der Waals surface area contributed by atoms with Crippen molar-refractivity contribution in [1.29, 1.82) is 0 Å². The van der Waals surface area contributed by atoms with Gasteiger partial charge in [-0.05, 0) is 49.6 Å². The van der Waals surface area contributed by atoms with Gasteiger partial charge in [0.2, 0.25) is 5.91 Å². The highest BCUT2D eigenvalue weighted by molar-refractivity contribution is 5.91. The number of hydrogen-bond donors (Lipinski definition) is 2. The highest BCUT2D eigenvalue weighted by Crippen LogP contribution is 2.24. The van der Waals surface area contributed by atoms with Crippen LogP contribution in [0.1, 0.15) is 33.1 Å². The Bertz CT molecular complexity index is 436. The van der Waals surface area contributed by atoms with E-state index in [0.29, 0.717) is 6.42 Å². The zero-order valence-electron chi connectivity index (χ0n) is 13.2. The molecule has 0 radical (unpaired) electrons. The molecule has 0 saturated carbocycles. The fraction of sp³-hybridized carbons (Fsp3) is 0.588. The highest BCUT2D eigenvalue weighted by Gasteiger charge is 2.15. The number of carbonyl (C=O) groups is 1. The van der Waals surface area contributed by atoms with Crippen LogP contribution in [0.4, 0.5) is 11.4 Å². The minimum atomic E-state index is 0.0653. The van der Waals surface area contributed by atoms with Crippen LogP contribution >= 0.6 is 0 Å². The smallest absolute Gasteiger partial charge is 0.225 e. The number of piperidine rings is 1. The Morgan fingerprint density at radius 2 is 1.90 bits per heavy atom. The molecule has 1 aliphatic heterocycles. The summed E-state index contributed by atoms with van der Waals surface area (Å²) in [6, 6.07) is 8.21. The van der Waals surface area contributed by atoms with Crippen molar-refractivity contribution in [3.05, 3.63) is 24.3 Å². The van der Waals surface area contributed by atoms with Gasteiger partial charge in [-0.2, -0.15) is 0 Å². The Morgan fingerprint density at radius 3 is 2.52 bits per heavy atom.